The second kappa shape index (κ2) is 13.9. The van der Waals surface area contributed by atoms with E-state index in [1.54, 1.807) is 11.3 Å². The highest BCUT2D eigenvalue weighted by atomic mass is 16.6. The van der Waals surface area contributed by atoms with E-state index in [0.717, 1.165) is 82.0 Å². The van der Waals surface area contributed by atoms with Crippen LogP contribution in [0.3, 0.4) is 0 Å². The average molecular weight is 880 g/mol. The predicted molar refractivity (Wildman–Crippen MR) is 249 cm³/mol. The number of aliphatic hydroxyl groups excluding tert-OH is 1. The second-order valence-corrected chi connectivity index (χ2v) is 24.7. The van der Waals surface area contributed by atoms with Gasteiger partial charge in [0.25, 0.3) is 0 Å². The summed E-state index contributed by atoms with van der Waals surface area (Å²) in [5.74, 6) is 2.96. The van der Waals surface area contributed by atoms with Crippen LogP contribution in [0.2, 0.25) is 0 Å². The molecule has 0 aromatic heterocycles. The molecule has 1 aromatic carbocycles. The van der Waals surface area contributed by atoms with E-state index in [-0.39, 0.29) is 41.1 Å². The van der Waals surface area contributed by atoms with Crippen LogP contribution in [0.15, 0.2) is 63.8 Å². The van der Waals surface area contributed by atoms with Crippen molar-refractivity contribution in [1.29, 1.82) is 0 Å². The van der Waals surface area contributed by atoms with Crippen LogP contribution in [0.25, 0.3) is 0 Å². The third kappa shape index (κ3) is 4.84. The standard InChI is InChI=1S/C57H73N3O5/c1-4-54(3)21-19-34-27-40-31(2)24-35-15-17-43-36-26-37-30-60(43)49(35)47(40)39-20-22-55-51(50(61)38-16-18-42(37)59(29-36)44(38)25-32-10-6-5-7-11-32)64-53(63)56(55,48(34)39)45(28-54)57(55)41-14-8-12-33(13-9-23-58)46(41)52(62)65-57/h8,12,14,27,31-32,36-38,40,42-45,47,61H,4-7,9-11,13,15-26,28-30,58H2,1-3H3/b51-50+/t31-,36+,37+,38-,40-,42-,43-,44+,45-,47-,54+,55+,56+,57+/m0/s1. The van der Waals surface area contributed by atoms with Crippen LogP contribution < -0.4 is 5.73 Å². The molecule has 3 N–H and O–H groups in total. The number of piperidine rings is 3. The first-order chi connectivity index (χ1) is 31.6. The summed E-state index contributed by atoms with van der Waals surface area (Å²) in [6.45, 7) is 10.1. The van der Waals surface area contributed by atoms with Crippen molar-refractivity contribution in [2.75, 3.05) is 19.6 Å². The van der Waals surface area contributed by atoms with Crippen molar-refractivity contribution in [1.82, 2.24) is 9.80 Å². The van der Waals surface area contributed by atoms with Gasteiger partial charge in [0.15, 0.2) is 11.4 Å². The minimum Gasteiger partial charge on any atom is -0.508 e. The van der Waals surface area contributed by atoms with Gasteiger partial charge in [-0.25, -0.2) is 4.79 Å². The van der Waals surface area contributed by atoms with Gasteiger partial charge in [-0.15, -0.1) is 0 Å². The molecule has 0 radical (unpaired) electrons. The average Bonchev–Trinajstić information content (AvgIpc) is 3.77. The predicted octanol–water partition coefficient (Wildman–Crippen LogP) is 10.6. The fraction of sp³-hybridized carbons (Fsp3) is 0.719. The summed E-state index contributed by atoms with van der Waals surface area (Å²) in [5.41, 5.74) is 12.9. The van der Waals surface area contributed by atoms with Gasteiger partial charge in [0.05, 0.1) is 11.0 Å². The van der Waals surface area contributed by atoms with Crippen LogP contribution >= 0.6 is 0 Å². The molecule has 4 saturated heterocycles. The van der Waals surface area contributed by atoms with Crippen molar-refractivity contribution in [2.24, 2.45) is 69.3 Å². The molecule has 3 spiro atoms. The van der Waals surface area contributed by atoms with E-state index in [9.17, 15) is 5.11 Å². The molecule has 8 nitrogen and oxygen atoms in total. The first kappa shape index (κ1) is 40.7. The molecule has 7 fully saturated rings. The maximum absolute atomic E-state index is 16.3. The first-order valence-electron chi connectivity index (χ1n) is 27.0. The lowest BCUT2D eigenvalue weighted by atomic mass is 9.27. The molecule has 6 aliphatic carbocycles. The quantitative estimate of drug-likeness (QED) is 0.272. The summed E-state index contributed by atoms with van der Waals surface area (Å²) in [4.78, 5) is 37.4. The van der Waals surface area contributed by atoms with Crippen LogP contribution in [0.1, 0.15) is 164 Å². The zero-order valence-electron chi connectivity index (χ0n) is 39.5. The van der Waals surface area contributed by atoms with E-state index >= 15 is 9.59 Å². The molecule has 7 bridgehead atoms. The van der Waals surface area contributed by atoms with Crippen LogP contribution in [0.4, 0.5) is 0 Å². The number of aryl methyl sites for hydroxylation is 1. The van der Waals surface area contributed by atoms with E-state index in [1.165, 1.54) is 74.5 Å². The number of carbonyl (C=O) groups excluding carboxylic acids is 2. The Hall–Kier alpha value is -3.36. The zero-order valence-corrected chi connectivity index (χ0v) is 39.5. The van der Waals surface area contributed by atoms with Crippen LogP contribution in [0, 0.1) is 63.6 Å². The molecule has 14 atom stereocenters. The molecule has 3 saturated carbocycles. The molecule has 346 valence electrons. The number of esters is 2. The molecule has 1 aromatic rings. The lowest BCUT2D eigenvalue weighted by Crippen LogP contribution is -2.78. The Morgan fingerprint density at radius 3 is 2.65 bits per heavy atom. The van der Waals surface area contributed by atoms with Crippen molar-refractivity contribution in [3.63, 3.8) is 0 Å². The zero-order chi connectivity index (χ0) is 43.9. The highest BCUT2D eigenvalue weighted by Gasteiger charge is 2.94. The maximum Gasteiger partial charge on any atom is 0.339 e. The Morgan fingerprint density at radius 2 is 1.82 bits per heavy atom. The van der Waals surface area contributed by atoms with E-state index in [4.69, 9.17) is 15.2 Å². The largest absolute Gasteiger partial charge is 0.508 e. The van der Waals surface area contributed by atoms with Gasteiger partial charge < -0.3 is 25.2 Å². The number of carbonyl (C=O) groups is 2. The van der Waals surface area contributed by atoms with Crippen molar-refractivity contribution in [3.05, 3.63) is 80.5 Å². The highest BCUT2D eigenvalue weighted by molar-refractivity contribution is 6.01. The third-order valence-corrected chi connectivity index (χ3v) is 22.3. The molecule has 14 rings (SSSR count). The van der Waals surface area contributed by atoms with E-state index in [1.807, 2.05) is 0 Å². The van der Waals surface area contributed by atoms with Crippen LogP contribution in [0.5, 0.6) is 0 Å². The topological polar surface area (TPSA) is 105 Å². The number of rotatable bonds is 6. The van der Waals surface area contributed by atoms with Crippen molar-refractivity contribution >= 4 is 11.9 Å². The number of nitrogens with two attached hydrogens (primary N) is 1. The van der Waals surface area contributed by atoms with Gasteiger partial charge in [-0.3, -0.25) is 9.69 Å². The third-order valence-electron chi connectivity index (χ3n) is 22.3. The van der Waals surface area contributed by atoms with E-state index in [2.05, 4.69) is 54.8 Å². The number of benzene rings is 1. The minimum atomic E-state index is -1.15. The second-order valence-electron chi connectivity index (χ2n) is 24.7. The van der Waals surface area contributed by atoms with Crippen molar-refractivity contribution in [3.8, 4) is 0 Å². The minimum absolute atomic E-state index is 0.0930. The number of nitrogens with zero attached hydrogens (tertiary/aromatic N) is 2. The van der Waals surface area contributed by atoms with Gasteiger partial charge in [-0.1, -0.05) is 94.7 Å². The Labute approximate surface area is 386 Å². The van der Waals surface area contributed by atoms with Crippen molar-refractivity contribution in [2.45, 2.75) is 173 Å². The smallest absolute Gasteiger partial charge is 0.339 e. The van der Waals surface area contributed by atoms with Gasteiger partial charge in [-0.2, -0.15) is 0 Å². The fourth-order valence-corrected chi connectivity index (χ4v) is 19.6. The summed E-state index contributed by atoms with van der Waals surface area (Å²) in [6, 6.07) is 7.63. The first-order valence-corrected chi connectivity index (χ1v) is 27.0. The number of hydrogen-bond donors (Lipinski definition) is 2. The number of ether oxygens (including phenoxy) is 2. The number of aliphatic hydroxyl groups is 1. The van der Waals surface area contributed by atoms with Gasteiger partial charge in [-0.05, 0) is 148 Å². The molecule has 0 amide bonds. The molecule has 0 unspecified atom stereocenters. The fourth-order valence-electron chi connectivity index (χ4n) is 19.6. The summed E-state index contributed by atoms with van der Waals surface area (Å²) in [5, 5.41) is 13.8. The molecule has 7 aliphatic heterocycles. The Morgan fingerprint density at radius 1 is 0.969 bits per heavy atom. The highest BCUT2D eigenvalue weighted by Crippen LogP contribution is 2.88. The number of allylic oxidation sites excluding steroid dienone is 4. The van der Waals surface area contributed by atoms with E-state index in [0.29, 0.717) is 78.1 Å². The van der Waals surface area contributed by atoms with Gasteiger partial charge in [0.1, 0.15) is 11.2 Å². The SMILES string of the molecule is CC[C@]1(C)CCC2=C[C@@H]3[C@@H]4C5=C2[C@]26C(=O)O/C(=C(/O)[C@H]7CC[C@H]8[C@@H]9C[C@H](CN8[C@@H]7CC7CCCCC7)[C@@H]7CCC(=C4N7C9)C[C@@H]3C)[C@@]2(CC5)[C@]2(OC(=O)c3c(CCCN)cccc32)[C@H]6C1. The summed E-state index contributed by atoms with van der Waals surface area (Å²) >= 11 is 0. The lowest BCUT2D eigenvalue weighted by Gasteiger charge is -2.73. The Kier molecular flexibility index (Phi) is 8.69. The summed E-state index contributed by atoms with van der Waals surface area (Å²) in [6.07, 6.45) is 23.9. The number of fused-ring (bicyclic) bond motifs is 8. The Balaban J connectivity index is 1.08. The van der Waals surface area contributed by atoms with Gasteiger partial charge in [0, 0.05) is 60.2 Å². The Bertz CT molecular complexity index is 2420. The van der Waals surface area contributed by atoms with Crippen molar-refractivity contribution < 1.29 is 24.2 Å². The van der Waals surface area contributed by atoms with Gasteiger partial charge >= 0.3 is 11.9 Å². The van der Waals surface area contributed by atoms with E-state index < -0.39 is 16.4 Å². The monoisotopic (exact) mass is 880 g/mol. The molecule has 7 heterocycles. The van der Waals surface area contributed by atoms with Crippen LogP contribution in [-0.2, 0) is 26.3 Å². The van der Waals surface area contributed by atoms with Gasteiger partial charge in [0.2, 0.25) is 0 Å². The maximum atomic E-state index is 16.3. The summed E-state index contributed by atoms with van der Waals surface area (Å²) < 4.78 is 14.5. The molecular formula is C57H73N3O5. The van der Waals surface area contributed by atoms with Crippen LogP contribution in [-0.4, -0.2) is 64.6 Å². The summed E-state index contributed by atoms with van der Waals surface area (Å²) in [7, 11) is 0. The lowest BCUT2D eigenvalue weighted by molar-refractivity contribution is -0.283. The molecular weight excluding hydrogens is 807 g/mol. The normalized spacial score (nSPS) is 46.5. The molecule has 8 heteroatoms. The molecule has 65 heavy (non-hydrogen) atoms. The number of hydrogen-bond acceptors (Lipinski definition) is 8. The molecule has 13 aliphatic rings.